The van der Waals surface area contributed by atoms with Crippen LogP contribution in [0.2, 0.25) is 5.02 Å². The van der Waals surface area contributed by atoms with Crippen LogP contribution in [0.3, 0.4) is 0 Å². The highest BCUT2D eigenvalue weighted by Crippen LogP contribution is 2.36. The van der Waals surface area contributed by atoms with Gasteiger partial charge in [0, 0.05) is 16.7 Å². The minimum absolute atomic E-state index is 0.167. The number of thiocarbonyl (C=S) groups is 1. The number of carbonyl (C=O) groups is 1. The fraction of sp³-hybridized carbons (Fsp3) is 0. The molecule has 0 bridgehead atoms. The third-order valence-electron chi connectivity index (χ3n) is 3.84. The predicted molar refractivity (Wildman–Crippen MR) is 111 cm³/mol. The van der Waals surface area contributed by atoms with Crippen molar-refractivity contribution in [2.45, 2.75) is 0 Å². The highest BCUT2D eigenvalue weighted by atomic mass is 35.5. The van der Waals surface area contributed by atoms with Crippen molar-refractivity contribution in [1.82, 2.24) is 0 Å². The molecule has 4 rings (SSSR count). The lowest BCUT2D eigenvalue weighted by atomic mass is 10.2. The van der Waals surface area contributed by atoms with Gasteiger partial charge in [0.05, 0.1) is 10.6 Å². The van der Waals surface area contributed by atoms with Crippen LogP contribution in [-0.2, 0) is 4.79 Å². The first-order valence-electron chi connectivity index (χ1n) is 7.80. The SMILES string of the molecule is O=C1/C(=C\c2ccc(-c3ccccc3)o2)SC(=S)N1c1ccc(Cl)cc1. The van der Waals surface area contributed by atoms with Gasteiger partial charge in [-0.3, -0.25) is 9.69 Å². The molecular formula is C20H12ClNO2S2. The van der Waals surface area contributed by atoms with Gasteiger partial charge in [0.25, 0.3) is 5.91 Å². The summed E-state index contributed by atoms with van der Waals surface area (Å²) in [6.07, 6.45) is 1.72. The number of halogens is 1. The number of carbonyl (C=O) groups excluding carboxylic acids is 1. The van der Waals surface area contributed by atoms with Gasteiger partial charge >= 0.3 is 0 Å². The van der Waals surface area contributed by atoms with Crippen molar-refractivity contribution in [3.05, 3.63) is 82.4 Å². The molecule has 0 aliphatic carbocycles. The molecule has 1 amide bonds. The summed E-state index contributed by atoms with van der Waals surface area (Å²) in [4.78, 5) is 14.8. The lowest BCUT2D eigenvalue weighted by Crippen LogP contribution is -2.27. The van der Waals surface area contributed by atoms with Gasteiger partial charge < -0.3 is 4.42 Å². The number of hydrogen-bond acceptors (Lipinski definition) is 4. The van der Waals surface area contributed by atoms with Crippen LogP contribution >= 0.6 is 35.6 Å². The maximum atomic E-state index is 12.8. The Kier molecular flexibility index (Phi) is 4.68. The van der Waals surface area contributed by atoms with Crippen LogP contribution in [0.4, 0.5) is 5.69 Å². The number of amides is 1. The van der Waals surface area contributed by atoms with E-state index >= 15 is 0 Å². The molecule has 0 N–H and O–H groups in total. The molecule has 2 heterocycles. The normalized spacial score (nSPS) is 15.9. The molecule has 1 aromatic heterocycles. The number of rotatable bonds is 3. The molecule has 0 atom stereocenters. The molecule has 1 fully saturated rings. The van der Waals surface area contributed by atoms with Crippen LogP contribution < -0.4 is 4.90 Å². The van der Waals surface area contributed by atoms with Crippen molar-refractivity contribution in [2.75, 3.05) is 4.90 Å². The first-order chi connectivity index (χ1) is 12.6. The van der Waals surface area contributed by atoms with Gasteiger partial charge in [-0.1, -0.05) is 65.9 Å². The van der Waals surface area contributed by atoms with E-state index in [9.17, 15) is 4.79 Å². The van der Waals surface area contributed by atoms with E-state index in [0.717, 1.165) is 11.3 Å². The average Bonchev–Trinajstić information content (AvgIpc) is 3.22. The molecule has 6 heteroatoms. The molecular weight excluding hydrogens is 386 g/mol. The number of furan rings is 1. The van der Waals surface area contributed by atoms with Gasteiger partial charge in [-0.05, 0) is 36.4 Å². The molecule has 3 aromatic rings. The van der Waals surface area contributed by atoms with E-state index in [0.29, 0.717) is 25.7 Å². The van der Waals surface area contributed by atoms with Crippen LogP contribution in [0.1, 0.15) is 5.76 Å². The number of hydrogen-bond donors (Lipinski definition) is 0. The summed E-state index contributed by atoms with van der Waals surface area (Å²) in [5.74, 6) is 1.20. The maximum Gasteiger partial charge on any atom is 0.270 e. The topological polar surface area (TPSA) is 33.5 Å². The van der Waals surface area contributed by atoms with E-state index in [2.05, 4.69) is 0 Å². The molecule has 1 saturated heterocycles. The van der Waals surface area contributed by atoms with E-state index in [1.54, 1.807) is 30.3 Å². The fourth-order valence-corrected chi connectivity index (χ4v) is 4.00. The summed E-state index contributed by atoms with van der Waals surface area (Å²) in [6.45, 7) is 0. The Labute approximate surface area is 165 Å². The highest BCUT2D eigenvalue weighted by Gasteiger charge is 2.33. The van der Waals surface area contributed by atoms with Crippen molar-refractivity contribution in [3.63, 3.8) is 0 Å². The number of nitrogens with zero attached hydrogens (tertiary/aromatic N) is 1. The predicted octanol–water partition coefficient (Wildman–Crippen LogP) is 6.01. The Bertz CT molecular complexity index is 1010. The lowest BCUT2D eigenvalue weighted by Gasteiger charge is -2.14. The second-order valence-corrected chi connectivity index (χ2v) is 7.67. The summed E-state index contributed by atoms with van der Waals surface area (Å²) < 4.78 is 6.34. The molecule has 1 aliphatic rings. The molecule has 3 nitrogen and oxygen atoms in total. The van der Waals surface area contributed by atoms with E-state index < -0.39 is 0 Å². The van der Waals surface area contributed by atoms with E-state index in [1.165, 1.54) is 16.7 Å². The van der Waals surface area contributed by atoms with Crippen molar-refractivity contribution in [3.8, 4) is 11.3 Å². The molecule has 2 aromatic carbocycles. The van der Waals surface area contributed by atoms with Gasteiger partial charge in [-0.2, -0.15) is 0 Å². The molecule has 0 saturated carbocycles. The zero-order valence-electron chi connectivity index (χ0n) is 13.4. The Hall–Kier alpha value is -2.34. The number of anilines is 1. The number of thioether (sulfide) groups is 1. The van der Waals surface area contributed by atoms with Crippen molar-refractivity contribution in [1.29, 1.82) is 0 Å². The average molecular weight is 398 g/mol. The monoisotopic (exact) mass is 397 g/mol. The first-order valence-corrected chi connectivity index (χ1v) is 9.41. The second-order valence-electron chi connectivity index (χ2n) is 5.56. The van der Waals surface area contributed by atoms with Crippen LogP contribution in [0.15, 0.2) is 76.1 Å². The Morgan fingerprint density at radius 1 is 1.00 bits per heavy atom. The molecule has 1 aliphatic heterocycles. The van der Waals surface area contributed by atoms with Crippen molar-refractivity contribution in [2.24, 2.45) is 0 Å². The minimum atomic E-state index is -0.167. The number of benzene rings is 2. The Morgan fingerprint density at radius 3 is 2.46 bits per heavy atom. The fourth-order valence-electron chi connectivity index (χ4n) is 2.60. The van der Waals surface area contributed by atoms with Gasteiger partial charge in [0.2, 0.25) is 0 Å². The zero-order valence-corrected chi connectivity index (χ0v) is 15.8. The first kappa shape index (κ1) is 17.1. The summed E-state index contributed by atoms with van der Waals surface area (Å²) in [7, 11) is 0. The summed E-state index contributed by atoms with van der Waals surface area (Å²) in [6, 6.07) is 20.6. The Balaban J connectivity index is 1.61. The summed E-state index contributed by atoms with van der Waals surface area (Å²) >= 11 is 12.5. The van der Waals surface area contributed by atoms with Crippen LogP contribution in [0, 0.1) is 0 Å². The third kappa shape index (κ3) is 3.33. The standard InChI is InChI=1S/C20H12ClNO2S2/c21-14-6-8-15(9-7-14)22-19(23)18(26-20(22)25)12-16-10-11-17(24-16)13-4-2-1-3-5-13/h1-12H/b18-12+. The molecule has 0 unspecified atom stereocenters. The summed E-state index contributed by atoms with van der Waals surface area (Å²) in [5.41, 5.74) is 1.69. The lowest BCUT2D eigenvalue weighted by molar-refractivity contribution is -0.113. The highest BCUT2D eigenvalue weighted by molar-refractivity contribution is 8.27. The van der Waals surface area contributed by atoms with Crippen molar-refractivity contribution >= 4 is 57.6 Å². The molecule has 0 radical (unpaired) electrons. The maximum absolute atomic E-state index is 12.8. The molecule has 26 heavy (non-hydrogen) atoms. The molecule has 128 valence electrons. The van der Waals surface area contributed by atoms with Crippen LogP contribution in [-0.4, -0.2) is 10.2 Å². The quantitative estimate of drug-likeness (QED) is 0.400. The minimum Gasteiger partial charge on any atom is -0.457 e. The van der Waals surface area contributed by atoms with Crippen LogP contribution in [0.5, 0.6) is 0 Å². The Morgan fingerprint density at radius 2 is 1.73 bits per heavy atom. The van der Waals surface area contributed by atoms with Crippen molar-refractivity contribution < 1.29 is 9.21 Å². The van der Waals surface area contributed by atoms with Gasteiger partial charge in [-0.15, -0.1) is 0 Å². The third-order valence-corrected chi connectivity index (χ3v) is 5.39. The van der Waals surface area contributed by atoms with Gasteiger partial charge in [-0.25, -0.2) is 0 Å². The molecule has 0 spiro atoms. The van der Waals surface area contributed by atoms with Gasteiger partial charge in [0.15, 0.2) is 4.32 Å². The van der Waals surface area contributed by atoms with E-state index in [-0.39, 0.29) is 5.91 Å². The summed E-state index contributed by atoms with van der Waals surface area (Å²) in [5, 5.41) is 0.610. The smallest absolute Gasteiger partial charge is 0.270 e. The second kappa shape index (κ2) is 7.11. The van der Waals surface area contributed by atoms with Gasteiger partial charge in [0.1, 0.15) is 11.5 Å². The van der Waals surface area contributed by atoms with E-state index in [4.69, 9.17) is 28.2 Å². The zero-order chi connectivity index (χ0) is 18.1. The van der Waals surface area contributed by atoms with Crippen LogP contribution in [0.25, 0.3) is 17.4 Å². The largest absolute Gasteiger partial charge is 0.457 e. The van der Waals surface area contributed by atoms with E-state index in [1.807, 2.05) is 42.5 Å².